The number of halogens is 1. The van der Waals surface area contributed by atoms with Crippen LogP contribution in [0.25, 0.3) is 22.5 Å². The SMILES string of the molecule is CC.CC.COCc1ccc(O)cc1.Fc1ccc(-c2nc3n(c2-c2ccncc2)CCC3)cc1. The summed E-state index contributed by atoms with van der Waals surface area (Å²) in [5, 5.41) is 8.88. The predicted octanol–water partition coefficient (Wildman–Crippen LogP) is 7.29. The normalized spacial score (nSPS) is 11.1. The van der Waals surface area contributed by atoms with E-state index >= 15 is 0 Å². The zero-order chi connectivity index (χ0) is 25.6. The molecule has 0 spiro atoms. The second-order valence-corrected chi connectivity index (χ2v) is 7.32. The Morgan fingerprint density at radius 3 is 2.11 bits per heavy atom. The van der Waals surface area contributed by atoms with Crippen LogP contribution < -0.4 is 0 Å². The summed E-state index contributed by atoms with van der Waals surface area (Å²) in [6.45, 7) is 9.58. The quantitative estimate of drug-likeness (QED) is 0.335. The molecule has 3 heterocycles. The number of aromatic hydroxyl groups is 1. The number of phenols is 1. The fourth-order valence-corrected chi connectivity index (χ4v) is 3.70. The van der Waals surface area contributed by atoms with Crippen LogP contribution in [0, 0.1) is 5.82 Å². The van der Waals surface area contributed by atoms with Crippen molar-refractivity contribution in [2.24, 2.45) is 0 Å². The minimum atomic E-state index is -0.226. The number of hydrogen-bond acceptors (Lipinski definition) is 4. The first kappa shape index (κ1) is 27.7. The molecule has 4 aromatic rings. The number of benzene rings is 2. The van der Waals surface area contributed by atoms with Gasteiger partial charge in [0.15, 0.2) is 0 Å². The van der Waals surface area contributed by atoms with E-state index in [2.05, 4.69) is 9.55 Å². The van der Waals surface area contributed by atoms with Crippen LogP contribution in [0.3, 0.4) is 0 Å². The molecule has 6 heteroatoms. The molecule has 0 radical (unpaired) electrons. The molecule has 1 aliphatic heterocycles. The van der Waals surface area contributed by atoms with Gasteiger partial charge >= 0.3 is 0 Å². The third-order valence-electron chi connectivity index (χ3n) is 5.15. The van der Waals surface area contributed by atoms with Crippen molar-refractivity contribution in [3.8, 4) is 28.3 Å². The van der Waals surface area contributed by atoms with Crippen LogP contribution >= 0.6 is 0 Å². The summed E-state index contributed by atoms with van der Waals surface area (Å²) in [6.07, 6.45) is 5.71. The number of ether oxygens (including phenoxy) is 1. The van der Waals surface area contributed by atoms with E-state index in [9.17, 15) is 4.39 Å². The zero-order valence-electron chi connectivity index (χ0n) is 21.3. The predicted molar refractivity (Wildman–Crippen MR) is 141 cm³/mol. The highest BCUT2D eigenvalue weighted by Crippen LogP contribution is 2.35. The lowest BCUT2D eigenvalue weighted by Crippen LogP contribution is -1.96. The standard InChI is InChI=1S/C17H14FN3.C8H10O2.2C2H6/c18-14-5-3-12(4-6-14)16-17(13-7-9-19-10-8-13)21-11-1-2-15(21)20-16;1-10-6-7-2-4-8(9)5-3-7;2*1-2/h3-10H,1-2,11H2;2-5,9H,6H2,1H3;2*1-2H3. The fraction of sp³-hybridized carbons (Fsp3) is 0.310. The van der Waals surface area contributed by atoms with E-state index in [0.29, 0.717) is 12.4 Å². The lowest BCUT2D eigenvalue weighted by molar-refractivity contribution is 0.185. The van der Waals surface area contributed by atoms with E-state index in [-0.39, 0.29) is 5.82 Å². The molecule has 1 aliphatic rings. The molecular formula is C29H36FN3O2. The largest absolute Gasteiger partial charge is 0.508 e. The number of hydrogen-bond donors (Lipinski definition) is 1. The van der Waals surface area contributed by atoms with Gasteiger partial charge in [0.25, 0.3) is 0 Å². The first-order valence-corrected chi connectivity index (χ1v) is 12.2. The van der Waals surface area contributed by atoms with E-state index in [4.69, 9.17) is 14.8 Å². The van der Waals surface area contributed by atoms with Gasteiger partial charge in [-0.25, -0.2) is 9.37 Å². The van der Waals surface area contributed by atoms with Gasteiger partial charge in [-0.05, 0) is 60.5 Å². The van der Waals surface area contributed by atoms with Crippen LogP contribution in [0.2, 0.25) is 0 Å². The minimum Gasteiger partial charge on any atom is -0.508 e. The first-order chi connectivity index (χ1) is 17.2. The summed E-state index contributed by atoms with van der Waals surface area (Å²) < 4.78 is 20.3. The molecule has 0 unspecified atom stereocenters. The van der Waals surface area contributed by atoms with Gasteiger partial charge in [0, 0.05) is 43.6 Å². The van der Waals surface area contributed by atoms with Crippen molar-refractivity contribution >= 4 is 0 Å². The molecule has 0 atom stereocenters. The molecule has 0 amide bonds. The molecule has 186 valence electrons. The van der Waals surface area contributed by atoms with Crippen LogP contribution in [-0.2, 0) is 24.3 Å². The fourth-order valence-electron chi connectivity index (χ4n) is 3.70. The Balaban J connectivity index is 0.000000261. The topological polar surface area (TPSA) is 60.2 Å². The third-order valence-corrected chi connectivity index (χ3v) is 5.15. The van der Waals surface area contributed by atoms with Gasteiger partial charge in [-0.3, -0.25) is 4.98 Å². The maximum absolute atomic E-state index is 13.2. The Morgan fingerprint density at radius 1 is 0.886 bits per heavy atom. The van der Waals surface area contributed by atoms with Gasteiger partial charge in [0.2, 0.25) is 0 Å². The van der Waals surface area contributed by atoms with Gasteiger partial charge in [0.1, 0.15) is 17.4 Å². The average Bonchev–Trinajstić information content (AvgIpc) is 3.51. The number of imidazole rings is 1. The molecule has 2 aromatic heterocycles. The molecule has 0 saturated heterocycles. The molecule has 0 aliphatic carbocycles. The van der Waals surface area contributed by atoms with E-state index in [0.717, 1.165) is 53.3 Å². The number of nitrogens with zero attached hydrogens (tertiary/aromatic N) is 3. The number of fused-ring (bicyclic) bond motifs is 1. The van der Waals surface area contributed by atoms with Crippen LogP contribution in [-0.4, -0.2) is 26.8 Å². The molecule has 35 heavy (non-hydrogen) atoms. The minimum absolute atomic E-state index is 0.226. The maximum Gasteiger partial charge on any atom is 0.123 e. The molecule has 5 nitrogen and oxygen atoms in total. The van der Waals surface area contributed by atoms with E-state index in [1.165, 1.54) is 12.1 Å². The molecule has 0 bridgehead atoms. The summed E-state index contributed by atoms with van der Waals surface area (Å²) in [4.78, 5) is 8.87. The van der Waals surface area contributed by atoms with E-state index < -0.39 is 0 Å². The van der Waals surface area contributed by atoms with Crippen molar-refractivity contribution in [1.82, 2.24) is 14.5 Å². The summed E-state index contributed by atoms with van der Waals surface area (Å²) in [7, 11) is 1.65. The Kier molecular flexibility index (Phi) is 11.6. The zero-order valence-corrected chi connectivity index (χ0v) is 21.3. The molecule has 1 N–H and O–H groups in total. The van der Waals surface area contributed by atoms with Gasteiger partial charge in [-0.2, -0.15) is 0 Å². The molecule has 0 fully saturated rings. The summed E-state index contributed by atoms with van der Waals surface area (Å²) in [6, 6.07) is 17.5. The van der Waals surface area contributed by atoms with Crippen molar-refractivity contribution in [1.29, 1.82) is 0 Å². The monoisotopic (exact) mass is 477 g/mol. The lowest BCUT2D eigenvalue weighted by atomic mass is 10.1. The number of phenolic OH excluding ortho intramolecular Hbond substituents is 1. The first-order valence-electron chi connectivity index (χ1n) is 12.2. The van der Waals surface area contributed by atoms with Gasteiger partial charge < -0.3 is 14.4 Å². The van der Waals surface area contributed by atoms with Crippen molar-refractivity contribution in [2.75, 3.05) is 7.11 Å². The van der Waals surface area contributed by atoms with Crippen molar-refractivity contribution in [3.63, 3.8) is 0 Å². The Hall–Kier alpha value is -3.51. The third kappa shape index (κ3) is 7.49. The Morgan fingerprint density at radius 2 is 1.51 bits per heavy atom. The summed E-state index contributed by atoms with van der Waals surface area (Å²) in [5.41, 5.74) is 5.16. The number of rotatable bonds is 4. The van der Waals surface area contributed by atoms with Crippen LogP contribution in [0.4, 0.5) is 4.39 Å². The van der Waals surface area contributed by atoms with Crippen molar-refractivity contribution < 1.29 is 14.2 Å². The smallest absolute Gasteiger partial charge is 0.123 e. The summed E-state index contributed by atoms with van der Waals surface area (Å²) in [5.74, 6) is 1.18. The van der Waals surface area contributed by atoms with Crippen LogP contribution in [0.5, 0.6) is 5.75 Å². The van der Waals surface area contributed by atoms with Crippen LogP contribution in [0.15, 0.2) is 73.1 Å². The van der Waals surface area contributed by atoms with Gasteiger partial charge in [-0.15, -0.1) is 0 Å². The number of methoxy groups -OCH3 is 1. The molecule has 2 aromatic carbocycles. The molecule has 5 rings (SSSR count). The number of pyridine rings is 1. The molecular weight excluding hydrogens is 441 g/mol. The Bertz CT molecular complexity index is 1130. The molecule has 0 saturated carbocycles. The second kappa shape index (κ2) is 14.7. The van der Waals surface area contributed by atoms with Crippen LogP contribution in [0.1, 0.15) is 45.5 Å². The lowest BCUT2D eigenvalue weighted by Gasteiger charge is -2.08. The second-order valence-electron chi connectivity index (χ2n) is 7.32. The highest BCUT2D eigenvalue weighted by molar-refractivity contribution is 5.79. The highest BCUT2D eigenvalue weighted by Gasteiger charge is 2.22. The van der Waals surface area contributed by atoms with E-state index in [1.54, 1.807) is 43.8 Å². The van der Waals surface area contributed by atoms with Gasteiger partial charge in [0.05, 0.1) is 18.0 Å². The van der Waals surface area contributed by atoms with E-state index in [1.807, 2.05) is 52.0 Å². The highest BCUT2D eigenvalue weighted by atomic mass is 19.1. The van der Waals surface area contributed by atoms with Crippen molar-refractivity contribution in [3.05, 3.63) is 90.3 Å². The Labute approximate surface area is 208 Å². The summed E-state index contributed by atoms with van der Waals surface area (Å²) >= 11 is 0. The number of aryl methyl sites for hydroxylation is 1. The maximum atomic E-state index is 13.2. The van der Waals surface area contributed by atoms with Crippen molar-refractivity contribution in [2.45, 2.75) is 53.7 Å². The van der Waals surface area contributed by atoms with Gasteiger partial charge in [-0.1, -0.05) is 39.8 Å². The average molecular weight is 478 g/mol. The number of aromatic nitrogens is 3.